The lowest BCUT2D eigenvalue weighted by Crippen LogP contribution is -2.53. The second-order valence-electron chi connectivity index (χ2n) is 8.31. The summed E-state index contributed by atoms with van der Waals surface area (Å²) in [6, 6.07) is 8.38. The van der Waals surface area contributed by atoms with E-state index in [4.69, 9.17) is 46.4 Å². The maximum atomic E-state index is 13.7. The molecule has 7 nitrogen and oxygen atoms in total. The van der Waals surface area contributed by atoms with Gasteiger partial charge in [-0.3, -0.25) is 13.9 Å². The summed E-state index contributed by atoms with van der Waals surface area (Å²) in [6.07, 6.45) is 1.92. The molecule has 0 fully saturated rings. The van der Waals surface area contributed by atoms with Crippen LogP contribution in [-0.4, -0.2) is 50.0 Å². The van der Waals surface area contributed by atoms with Gasteiger partial charge >= 0.3 is 0 Å². The molecule has 0 saturated carbocycles. The monoisotopic (exact) mass is 595 g/mol. The minimum atomic E-state index is -3.96. The molecule has 1 N–H and O–H groups in total. The molecule has 0 aromatic heterocycles. The second kappa shape index (κ2) is 13.2. The number of nitrogens with one attached hydrogen (secondary N) is 1. The molecule has 12 heteroatoms. The maximum Gasteiger partial charge on any atom is 0.244 e. The van der Waals surface area contributed by atoms with E-state index in [2.05, 4.69) is 5.32 Å². The van der Waals surface area contributed by atoms with Gasteiger partial charge in [0.2, 0.25) is 21.8 Å². The first-order valence-corrected chi connectivity index (χ1v) is 14.6. The first kappa shape index (κ1) is 30.5. The second-order valence-corrected chi connectivity index (χ2v) is 11.8. The molecule has 0 unspecified atom stereocenters. The topological polar surface area (TPSA) is 86.8 Å². The SMILES string of the molecule is CC[C@H](C(=O)N[C@@H](C)CC)N(Cc1c(Cl)cccc1Cl)C(=O)CN(c1cccc(Cl)c1Cl)S(C)(=O)=O. The van der Waals surface area contributed by atoms with E-state index >= 15 is 0 Å². The first-order chi connectivity index (χ1) is 16.8. The van der Waals surface area contributed by atoms with Gasteiger partial charge in [0, 0.05) is 28.2 Å². The third-order valence-electron chi connectivity index (χ3n) is 5.66. The number of carbonyl (C=O) groups is 2. The van der Waals surface area contributed by atoms with Crippen LogP contribution in [0.3, 0.4) is 0 Å². The van der Waals surface area contributed by atoms with Gasteiger partial charge < -0.3 is 10.2 Å². The Bertz CT molecular complexity index is 1190. The van der Waals surface area contributed by atoms with Crippen molar-refractivity contribution in [1.29, 1.82) is 0 Å². The molecule has 0 heterocycles. The van der Waals surface area contributed by atoms with Crippen LogP contribution in [0.5, 0.6) is 0 Å². The van der Waals surface area contributed by atoms with Crippen LogP contribution < -0.4 is 9.62 Å². The Morgan fingerprint density at radius 2 is 1.50 bits per heavy atom. The zero-order valence-corrected chi connectivity index (χ0v) is 24.2. The Hall–Kier alpha value is -1.71. The van der Waals surface area contributed by atoms with Crippen molar-refractivity contribution in [2.75, 3.05) is 17.1 Å². The number of benzene rings is 2. The summed E-state index contributed by atoms with van der Waals surface area (Å²) in [6.45, 7) is 4.82. The van der Waals surface area contributed by atoms with Gasteiger partial charge in [0.15, 0.2) is 0 Å². The van der Waals surface area contributed by atoms with Crippen LogP contribution in [0.25, 0.3) is 0 Å². The summed E-state index contributed by atoms with van der Waals surface area (Å²) in [5.74, 6) is -1.01. The molecular weight excluding hydrogens is 568 g/mol. The van der Waals surface area contributed by atoms with Crippen molar-refractivity contribution in [1.82, 2.24) is 10.2 Å². The molecule has 2 aromatic rings. The van der Waals surface area contributed by atoms with Gasteiger partial charge in [-0.05, 0) is 44.0 Å². The molecule has 0 saturated heterocycles. The Kier molecular flexibility index (Phi) is 11.2. The van der Waals surface area contributed by atoms with E-state index in [0.29, 0.717) is 22.0 Å². The molecule has 0 aliphatic heterocycles. The van der Waals surface area contributed by atoms with Crippen molar-refractivity contribution in [3.63, 3.8) is 0 Å². The van der Waals surface area contributed by atoms with Crippen molar-refractivity contribution >= 4 is 73.9 Å². The van der Waals surface area contributed by atoms with Gasteiger partial charge in [-0.15, -0.1) is 0 Å². The van der Waals surface area contributed by atoms with E-state index in [0.717, 1.165) is 10.6 Å². The number of hydrogen-bond acceptors (Lipinski definition) is 4. The van der Waals surface area contributed by atoms with Crippen LogP contribution in [0.4, 0.5) is 5.69 Å². The van der Waals surface area contributed by atoms with E-state index in [-0.39, 0.29) is 40.6 Å². The largest absolute Gasteiger partial charge is 0.352 e. The summed E-state index contributed by atoms with van der Waals surface area (Å²) in [5.41, 5.74) is 0.489. The number of amides is 2. The Balaban J connectivity index is 2.55. The fourth-order valence-corrected chi connectivity index (χ4v) is 5.31. The molecule has 2 aromatic carbocycles. The highest BCUT2D eigenvalue weighted by Gasteiger charge is 2.33. The summed E-state index contributed by atoms with van der Waals surface area (Å²) in [5, 5.41) is 3.64. The predicted molar refractivity (Wildman–Crippen MR) is 148 cm³/mol. The van der Waals surface area contributed by atoms with Gasteiger partial charge in [0.25, 0.3) is 0 Å². The number of rotatable bonds is 11. The smallest absolute Gasteiger partial charge is 0.244 e. The van der Waals surface area contributed by atoms with Gasteiger partial charge in [-0.2, -0.15) is 0 Å². The number of nitrogens with zero attached hydrogens (tertiary/aromatic N) is 2. The number of sulfonamides is 1. The van der Waals surface area contributed by atoms with Gasteiger partial charge in [0.1, 0.15) is 12.6 Å². The maximum absolute atomic E-state index is 13.7. The number of carbonyl (C=O) groups excluding carboxylic acids is 2. The summed E-state index contributed by atoms with van der Waals surface area (Å²) in [4.78, 5) is 28.2. The standard InChI is InChI=1S/C24H29Cl4N3O4S/c1-5-15(3)29-24(33)20(6-2)30(13-16-17(25)9-7-10-18(16)26)22(32)14-31(36(4,34)35)21-12-8-11-19(27)23(21)28/h7-12,15,20H,5-6,13-14H2,1-4H3,(H,29,33)/t15-,20+/m0/s1. The summed E-state index contributed by atoms with van der Waals surface area (Å²) in [7, 11) is -3.96. The Morgan fingerprint density at radius 1 is 0.944 bits per heavy atom. The summed E-state index contributed by atoms with van der Waals surface area (Å²) >= 11 is 25.1. The van der Waals surface area contributed by atoms with Crippen molar-refractivity contribution in [3.8, 4) is 0 Å². The molecule has 0 radical (unpaired) electrons. The van der Waals surface area contributed by atoms with Crippen molar-refractivity contribution in [2.24, 2.45) is 0 Å². The molecule has 2 rings (SSSR count). The van der Waals surface area contributed by atoms with Crippen LogP contribution in [-0.2, 0) is 26.2 Å². The molecule has 0 aliphatic carbocycles. The van der Waals surface area contributed by atoms with Crippen molar-refractivity contribution < 1.29 is 18.0 Å². The zero-order chi connectivity index (χ0) is 27.2. The van der Waals surface area contributed by atoms with Crippen molar-refractivity contribution in [3.05, 3.63) is 62.1 Å². The zero-order valence-electron chi connectivity index (χ0n) is 20.4. The van der Waals surface area contributed by atoms with Crippen LogP contribution in [0.15, 0.2) is 36.4 Å². The molecule has 0 bridgehead atoms. The molecule has 0 aliphatic rings. The highest BCUT2D eigenvalue weighted by Crippen LogP contribution is 2.34. The van der Waals surface area contributed by atoms with Crippen LogP contribution >= 0.6 is 46.4 Å². The number of anilines is 1. The van der Waals surface area contributed by atoms with Gasteiger partial charge in [-0.25, -0.2) is 8.42 Å². The predicted octanol–water partition coefficient (Wildman–Crippen LogP) is 5.79. The molecule has 198 valence electrons. The van der Waals surface area contributed by atoms with Crippen LogP contribution in [0, 0.1) is 0 Å². The molecule has 2 amide bonds. The normalized spacial score (nSPS) is 13.1. The Labute approximate surface area is 232 Å². The minimum absolute atomic E-state index is 0.0142. The lowest BCUT2D eigenvalue weighted by atomic mass is 10.1. The van der Waals surface area contributed by atoms with E-state index in [9.17, 15) is 18.0 Å². The average Bonchev–Trinajstić information content (AvgIpc) is 2.80. The van der Waals surface area contributed by atoms with Crippen LogP contribution in [0.1, 0.15) is 39.2 Å². The molecule has 0 spiro atoms. The van der Waals surface area contributed by atoms with Crippen LogP contribution in [0.2, 0.25) is 20.1 Å². The average molecular weight is 597 g/mol. The van der Waals surface area contributed by atoms with E-state index in [1.807, 2.05) is 13.8 Å². The van der Waals surface area contributed by atoms with Crippen molar-refractivity contribution in [2.45, 2.75) is 52.2 Å². The fourth-order valence-electron chi connectivity index (χ4n) is 3.49. The Morgan fingerprint density at radius 3 is 2.03 bits per heavy atom. The number of hydrogen-bond donors (Lipinski definition) is 1. The lowest BCUT2D eigenvalue weighted by molar-refractivity contribution is -0.140. The van der Waals surface area contributed by atoms with E-state index in [1.54, 1.807) is 25.1 Å². The van der Waals surface area contributed by atoms with Gasteiger partial charge in [-0.1, -0.05) is 72.4 Å². The van der Waals surface area contributed by atoms with Gasteiger partial charge in [0.05, 0.1) is 22.0 Å². The quantitative estimate of drug-likeness (QED) is 0.356. The lowest BCUT2D eigenvalue weighted by Gasteiger charge is -2.34. The fraction of sp³-hybridized carbons (Fsp3) is 0.417. The van der Waals surface area contributed by atoms with E-state index < -0.39 is 28.5 Å². The highest BCUT2D eigenvalue weighted by atomic mass is 35.5. The third kappa shape index (κ3) is 7.65. The highest BCUT2D eigenvalue weighted by molar-refractivity contribution is 7.92. The number of halogens is 4. The first-order valence-electron chi connectivity index (χ1n) is 11.3. The van der Waals surface area contributed by atoms with E-state index in [1.165, 1.54) is 23.1 Å². The minimum Gasteiger partial charge on any atom is -0.352 e. The summed E-state index contributed by atoms with van der Waals surface area (Å²) < 4.78 is 26.3. The third-order valence-corrected chi connectivity index (χ3v) is 8.30. The molecular formula is C24H29Cl4N3O4S. The molecule has 2 atom stereocenters. The molecule has 36 heavy (non-hydrogen) atoms.